The van der Waals surface area contributed by atoms with Crippen molar-refractivity contribution in [2.75, 3.05) is 0 Å². The van der Waals surface area contributed by atoms with Gasteiger partial charge < -0.3 is 4.89 Å². The van der Waals surface area contributed by atoms with E-state index in [1.807, 2.05) is 32.0 Å². The van der Waals surface area contributed by atoms with Crippen molar-refractivity contribution in [3.63, 3.8) is 0 Å². The zero-order chi connectivity index (χ0) is 12.9. The van der Waals surface area contributed by atoms with Crippen molar-refractivity contribution in [1.29, 1.82) is 0 Å². The molecule has 1 aromatic rings. The Morgan fingerprint density at radius 3 is 2.47 bits per heavy atom. The lowest BCUT2D eigenvalue weighted by Gasteiger charge is -2.20. The van der Waals surface area contributed by atoms with E-state index >= 15 is 0 Å². The molecule has 5 heteroatoms. The fourth-order valence-corrected chi connectivity index (χ4v) is 4.04. The molecule has 17 heavy (non-hydrogen) atoms. The standard InChI is InChI=1S/C12H17O3PS/c1-4-12(10(2)3)15-16(13,14)17-11-8-6-5-7-9-11/h4-10,12H,1H2,2-3H3,(H,13,14). The van der Waals surface area contributed by atoms with Crippen LogP contribution >= 0.6 is 18.2 Å². The molecule has 0 bridgehead atoms. The Morgan fingerprint density at radius 1 is 1.41 bits per heavy atom. The van der Waals surface area contributed by atoms with Crippen LogP contribution in [0.3, 0.4) is 0 Å². The molecule has 0 aliphatic heterocycles. The molecule has 0 aliphatic rings. The molecule has 0 saturated carbocycles. The van der Waals surface area contributed by atoms with E-state index in [2.05, 4.69) is 6.58 Å². The van der Waals surface area contributed by atoms with E-state index in [0.29, 0.717) is 4.90 Å². The molecule has 1 N–H and O–H groups in total. The van der Waals surface area contributed by atoms with Gasteiger partial charge in [-0.2, -0.15) is 0 Å². The highest BCUT2D eigenvalue weighted by molar-refractivity contribution is 8.54. The maximum absolute atomic E-state index is 11.9. The summed E-state index contributed by atoms with van der Waals surface area (Å²) in [6, 6.07) is 9.03. The van der Waals surface area contributed by atoms with Crippen LogP contribution in [-0.2, 0) is 9.09 Å². The molecule has 0 heterocycles. The van der Waals surface area contributed by atoms with Crippen LogP contribution in [-0.4, -0.2) is 11.0 Å². The lowest BCUT2D eigenvalue weighted by Crippen LogP contribution is -2.14. The van der Waals surface area contributed by atoms with Crippen molar-refractivity contribution in [1.82, 2.24) is 0 Å². The Hall–Kier alpha value is -0.540. The largest absolute Gasteiger partial charge is 0.391 e. The summed E-state index contributed by atoms with van der Waals surface area (Å²) in [5.74, 6) is 0.115. The topological polar surface area (TPSA) is 46.5 Å². The van der Waals surface area contributed by atoms with Gasteiger partial charge in [0.05, 0.1) is 6.10 Å². The summed E-state index contributed by atoms with van der Waals surface area (Å²) in [6.45, 7) is 3.74. The van der Waals surface area contributed by atoms with E-state index in [1.54, 1.807) is 18.2 Å². The maximum atomic E-state index is 11.9. The van der Waals surface area contributed by atoms with E-state index < -0.39 is 12.9 Å². The predicted octanol–water partition coefficient (Wildman–Crippen LogP) is 4.11. The van der Waals surface area contributed by atoms with Gasteiger partial charge in [-0.15, -0.1) is 6.58 Å². The summed E-state index contributed by atoms with van der Waals surface area (Å²) in [5, 5.41) is 0. The second-order valence-corrected chi connectivity index (χ2v) is 7.66. The molecule has 0 spiro atoms. The van der Waals surface area contributed by atoms with Gasteiger partial charge in [0.2, 0.25) is 0 Å². The third kappa shape index (κ3) is 5.09. The Balaban J connectivity index is 2.69. The Kier molecular flexibility index (Phi) is 5.47. The fraction of sp³-hybridized carbons (Fsp3) is 0.333. The van der Waals surface area contributed by atoms with Crippen LogP contribution < -0.4 is 0 Å². The summed E-state index contributed by atoms with van der Waals surface area (Å²) in [4.78, 5) is 10.5. The fourth-order valence-electron chi connectivity index (χ4n) is 1.23. The van der Waals surface area contributed by atoms with E-state index in [-0.39, 0.29) is 5.92 Å². The molecule has 2 atom stereocenters. The molecule has 3 nitrogen and oxygen atoms in total. The smallest absolute Gasteiger partial charge is 0.316 e. The first-order chi connectivity index (χ1) is 7.94. The first-order valence-corrected chi connectivity index (χ1v) is 8.33. The van der Waals surface area contributed by atoms with Gasteiger partial charge in [0.15, 0.2) is 0 Å². The minimum absolute atomic E-state index is 0.115. The minimum Gasteiger partial charge on any atom is -0.316 e. The zero-order valence-electron chi connectivity index (χ0n) is 9.95. The van der Waals surface area contributed by atoms with Crippen molar-refractivity contribution < 1.29 is 14.0 Å². The summed E-state index contributed by atoms with van der Waals surface area (Å²) in [7, 11) is 0. The average Bonchev–Trinajstić information content (AvgIpc) is 2.26. The van der Waals surface area contributed by atoms with Crippen molar-refractivity contribution in [3.8, 4) is 0 Å². The van der Waals surface area contributed by atoms with Crippen LogP contribution in [0.5, 0.6) is 0 Å². The molecule has 0 radical (unpaired) electrons. The van der Waals surface area contributed by atoms with Crippen molar-refractivity contribution in [3.05, 3.63) is 43.0 Å². The van der Waals surface area contributed by atoms with Gasteiger partial charge >= 0.3 is 6.80 Å². The second kappa shape index (κ2) is 6.41. The van der Waals surface area contributed by atoms with Crippen LogP contribution in [0.2, 0.25) is 0 Å². The Labute approximate surface area is 106 Å². The Morgan fingerprint density at radius 2 is 2.00 bits per heavy atom. The number of hydrogen-bond donors (Lipinski definition) is 1. The first kappa shape index (κ1) is 14.5. The van der Waals surface area contributed by atoms with Crippen molar-refractivity contribution >= 4 is 18.2 Å². The summed E-state index contributed by atoms with van der Waals surface area (Å²) < 4.78 is 17.1. The first-order valence-electron chi connectivity index (χ1n) is 5.33. The van der Waals surface area contributed by atoms with E-state index in [0.717, 1.165) is 11.4 Å². The lowest BCUT2D eigenvalue weighted by molar-refractivity contribution is 0.181. The third-order valence-corrected chi connectivity index (χ3v) is 4.91. The molecule has 1 aromatic carbocycles. The highest BCUT2D eigenvalue weighted by Crippen LogP contribution is 2.60. The molecule has 0 amide bonds. The van der Waals surface area contributed by atoms with E-state index in [4.69, 9.17) is 4.52 Å². The van der Waals surface area contributed by atoms with Crippen LogP contribution in [0.15, 0.2) is 47.9 Å². The molecule has 0 fully saturated rings. The predicted molar refractivity (Wildman–Crippen MR) is 72.0 cm³/mol. The van der Waals surface area contributed by atoms with Crippen molar-refractivity contribution in [2.24, 2.45) is 5.92 Å². The molecular formula is C12H17O3PS. The maximum Gasteiger partial charge on any atom is 0.391 e. The molecule has 1 rings (SSSR count). The van der Waals surface area contributed by atoms with Gasteiger partial charge in [-0.05, 0) is 29.4 Å². The van der Waals surface area contributed by atoms with Gasteiger partial charge in [0.25, 0.3) is 0 Å². The second-order valence-electron chi connectivity index (χ2n) is 3.92. The molecule has 2 unspecified atom stereocenters. The molecule has 0 saturated heterocycles. The summed E-state index contributed by atoms with van der Waals surface area (Å²) >= 11 is 0.848. The lowest BCUT2D eigenvalue weighted by atomic mass is 10.1. The summed E-state index contributed by atoms with van der Waals surface area (Å²) in [6.07, 6.45) is 1.14. The number of benzene rings is 1. The quantitative estimate of drug-likeness (QED) is 0.625. The van der Waals surface area contributed by atoms with Crippen molar-refractivity contribution in [2.45, 2.75) is 24.8 Å². The van der Waals surface area contributed by atoms with Crippen LogP contribution in [0.1, 0.15) is 13.8 Å². The van der Waals surface area contributed by atoms with E-state index in [9.17, 15) is 9.46 Å². The monoisotopic (exact) mass is 272 g/mol. The van der Waals surface area contributed by atoms with Gasteiger partial charge in [-0.3, -0.25) is 4.52 Å². The number of rotatable bonds is 6. The molecular weight excluding hydrogens is 255 g/mol. The molecule has 0 aliphatic carbocycles. The van der Waals surface area contributed by atoms with Crippen LogP contribution in [0.25, 0.3) is 0 Å². The van der Waals surface area contributed by atoms with Crippen LogP contribution in [0, 0.1) is 5.92 Å². The molecule has 94 valence electrons. The van der Waals surface area contributed by atoms with Crippen LogP contribution in [0.4, 0.5) is 0 Å². The third-order valence-electron chi connectivity index (χ3n) is 2.11. The number of hydrogen-bond acceptors (Lipinski definition) is 3. The normalized spacial score (nSPS) is 16.5. The zero-order valence-corrected chi connectivity index (χ0v) is 11.7. The summed E-state index contributed by atoms with van der Waals surface area (Å²) in [5.41, 5.74) is 0. The minimum atomic E-state index is -3.70. The molecule has 0 aromatic heterocycles. The average molecular weight is 272 g/mol. The highest BCUT2D eigenvalue weighted by Gasteiger charge is 2.26. The Bertz CT molecular complexity index is 405. The highest BCUT2D eigenvalue weighted by atomic mass is 32.7. The SMILES string of the molecule is C=CC(OP(=O)(O)Sc1ccccc1)C(C)C. The van der Waals surface area contributed by atoms with Gasteiger partial charge in [0.1, 0.15) is 0 Å². The van der Waals surface area contributed by atoms with E-state index in [1.165, 1.54) is 0 Å². The van der Waals surface area contributed by atoms with Gasteiger partial charge in [-0.25, -0.2) is 4.57 Å². The van der Waals surface area contributed by atoms with Gasteiger partial charge in [0, 0.05) is 4.90 Å². The van der Waals surface area contributed by atoms with Gasteiger partial charge in [-0.1, -0.05) is 38.1 Å².